The van der Waals surface area contributed by atoms with Crippen LogP contribution in [0.5, 0.6) is 0 Å². The van der Waals surface area contributed by atoms with E-state index in [1.807, 2.05) is 12.1 Å². The molecular weight excluding hydrogens is 446 g/mol. The fourth-order valence-corrected chi connectivity index (χ4v) is 5.45. The van der Waals surface area contributed by atoms with E-state index in [1.54, 1.807) is 6.07 Å². The number of nitrogen functional groups attached to an aromatic ring is 2. The summed E-state index contributed by atoms with van der Waals surface area (Å²) in [5.41, 5.74) is 11.6. The first kappa shape index (κ1) is 21.1. The van der Waals surface area contributed by atoms with Crippen LogP contribution in [0.4, 0.5) is 20.4 Å². The van der Waals surface area contributed by atoms with Crippen LogP contribution in [0, 0.1) is 17.6 Å². The summed E-state index contributed by atoms with van der Waals surface area (Å²) in [5.74, 6) is -1.51. The Labute approximate surface area is 192 Å². The van der Waals surface area contributed by atoms with Crippen molar-refractivity contribution in [2.45, 2.75) is 43.3 Å². The summed E-state index contributed by atoms with van der Waals surface area (Å²) in [6.07, 6.45) is 0.822. The Kier molecular flexibility index (Phi) is 4.54. The molecule has 6 rings (SSSR count). The molecule has 4 heterocycles. The van der Waals surface area contributed by atoms with Crippen molar-refractivity contribution in [2.24, 2.45) is 5.92 Å². The van der Waals surface area contributed by atoms with E-state index in [1.165, 1.54) is 17.0 Å². The number of pyridine rings is 1. The van der Waals surface area contributed by atoms with Crippen molar-refractivity contribution in [3.05, 3.63) is 54.0 Å². The molecule has 0 unspecified atom stereocenters. The standard InChI is InChI=1S/C23H22F2N6O3/c24-13-7-11-2-1-10(6-15(11)30-19(13)26)5-12-3-4-23(33)17(32)22(34-18(12)23)31-8-14(25)16-20(27)28-9-29-21(16)31/h1-2,6-9,12,17-18,22,32-33H,3-5H2,(H2,26,30)(H2,27,28,29)/t12-,17-,18+,22+,23-/m0/s1. The average molecular weight is 468 g/mol. The molecular formula is C23H22F2N6O3. The Morgan fingerprint density at radius 3 is 2.79 bits per heavy atom. The minimum absolute atomic E-state index is 0.0176. The Morgan fingerprint density at radius 2 is 1.97 bits per heavy atom. The third-order valence-corrected chi connectivity index (χ3v) is 7.13. The summed E-state index contributed by atoms with van der Waals surface area (Å²) >= 11 is 0. The third kappa shape index (κ3) is 2.97. The van der Waals surface area contributed by atoms with Crippen LogP contribution >= 0.6 is 0 Å². The number of benzene rings is 1. The highest BCUT2D eigenvalue weighted by Crippen LogP contribution is 2.51. The number of anilines is 2. The number of aliphatic hydroxyl groups excluding tert-OH is 1. The van der Waals surface area contributed by atoms with Crippen LogP contribution in [0.3, 0.4) is 0 Å². The molecule has 9 nitrogen and oxygen atoms in total. The number of hydrogen-bond acceptors (Lipinski definition) is 8. The molecule has 0 spiro atoms. The zero-order valence-corrected chi connectivity index (χ0v) is 17.9. The number of aromatic nitrogens is 4. The van der Waals surface area contributed by atoms with Crippen molar-refractivity contribution in [1.29, 1.82) is 0 Å². The van der Waals surface area contributed by atoms with Gasteiger partial charge in [0.2, 0.25) is 0 Å². The molecule has 2 aliphatic rings. The molecule has 1 aromatic carbocycles. The molecule has 0 amide bonds. The zero-order chi connectivity index (χ0) is 23.8. The lowest BCUT2D eigenvalue weighted by molar-refractivity contribution is -0.0675. The van der Waals surface area contributed by atoms with Crippen LogP contribution in [-0.4, -0.2) is 47.5 Å². The predicted octanol–water partition coefficient (Wildman–Crippen LogP) is 2.06. The molecule has 1 aliphatic heterocycles. The van der Waals surface area contributed by atoms with Gasteiger partial charge in [-0.2, -0.15) is 0 Å². The average Bonchev–Trinajstić information content (AvgIpc) is 3.39. The number of hydrogen-bond donors (Lipinski definition) is 4. The fourth-order valence-electron chi connectivity index (χ4n) is 5.45. The van der Waals surface area contributed by atoms with Crippen molar-refractivity contribution in [3.63, 3.8) is 0 Å². The molecule has 34 heavy (non-hydrogen) atoms. The quantitative estimate of drug-likeness (QED) is 0.358. The van der Waals surface area contributed by atoms with Gasteiger partial charge >= 0.3 is 0 Å². The third-order valence-electron chi connectivity index (χ3n) is 7.13. The maximum Gasteiger partial charge on any atom is 0.165 e. The van der Waals surface area contributed by atoms with Gasteiger partial charge in [0.15, 0.2) is 29.3 Å². The van der Waals surface area contributed by atoms with Gasteiger partial charge in [0, 0.05) is 11.6 Å². The lowest BCUT2D eigenvalue weighted by Crippen LogP contribution is -2.45. The van der Waals surface area contributed by atoms with Crippen molar-refractivity contribution >= 4 is 33.6 Å². The zero-order valence-electron chi connectivity index (χ0n) is 17.9. The van der Waals surface area contributed by atoms with Crippen LogP contribution in [0.15, 0.2) is 36.8 Å². The second kappa shape index (κ2) is 7.29. The number of halogens is 2. The maximum absolute atomic E-state index is 14.6. The van der Waals surface area contributed by atoms with E-state index in [9.17, 15) is 19.0 Å². The molecule has 5 atom stereocenters. The van der Waals surface area contributed by atoms with E-state index in [0.717, 1.165) is 11.8 Å². The van der Waals surface area contributed by atoms with Crippen LogP contribution in [0.25, 0.3) is 21.9 Å². The molecule has 1 saturated carbocycles. The number of aliphatic hydroxyl groups is 2. The first-order valence-electron chi connectivity index (χ1n) is 10.9. The van der Waals surface area contributed by atoms with Crippen LogP contribution < -0.4 is 11.5 Å². The molecule has 0 radical (unpaired) electrons. The van der Waals surface area contributed by atoms with Crippen LogP contribution in [0.1, 0.15) is 24.6 Å². The van der Waals surface area contributed by atoms with Gasteiger partial charge in [0.25, 0.3) is 0 Å². The van der Waals surface area contributed by atoms with Gasteiger partial charge in [0.1, 0.15) is 23.9 Å². The highest BCUT2D eigenvalue weighted by atomic mass is 19.1. The maximum atomic E-state index is 14.6. The number of ether oxygens (including phenoxy) is 1. The van der Waals surface area contributed by atoms with Crippen molar-refractivity contribution in [2.75, 3.05) is 11.5 Å². The van der Waals surface area contributed by atoms with Gasteiger partial charge in [-0.05, 0) is 42.9 Å². The summed E-state index contributed by atoms with van der Waals surface area (Å²) < 4.78 is 35.8. The van der Waals surface area contributed by atoms with Crippen LogP contribution in [0.2, 0.25) is 0 Å². The normalized spacial score (nSPS) is 28.7. The summed E-state index contributed by atoms with van der Waals surface area (Å²) in [6, 6.07) is 6.81. The minimum atomic E-state index is -1.50. The van der Waals surface area contributed by atoms with Gasteiger partial charge in [-0.15, -0.1) is 0 Å². The number of rotatable bonds is 3. The van der Waals surface area contributed by atoms with E-state index in [-0.39, 0.29) is 28.6 Å². The van der Waals surface area contributed by atoms with E-state index in [0.29, 0.717) is 30.2 Å². The van der Waals surface area contributed by atoms with Gasteiger partial charge in [0.05, 0.1) is 17.0 Å². The highest BCUT2D eigenvalue weighted by Gasteiger charge is 2.61. The van der Waals surface area contributed by atoms with Crippen LogP contribution in [-0.2, 0) is 11.2 Å². The van der Waals surface area contributed by atoms with Gasteiger partial charge in [-0.1, -0.05) is 12.1 Å². The Balaban J connectivity index is 1.31. The highest BCUT2D eigenvalue weighted by molar-refractivity contribution is 5.87. The lowest BCUT2D eigenvalue weighted by Gasteiger charge is -2.26. The molecule has 3 aromatic heterocycles. The second-order valence-electron chi connectivity index (χ2n) is 9.11. The van der Waals surface area contributed by atoms with Crippen molar-refractivity contribution < 1.29 is 23.7 Å². The van der Waals surface area contributed by atoms with Gasteiger partial charge in [-0.25, -0.2) is 23.7 Å². The Morgan fingerprint density at radius 1 is 1.15 bits per heavy atom. The molecule has 6 N–H and O–H groups in total. The second-order valence-corrected chi connectivity index (χ2v) is 9.11. The monoisotopic (exact) mass is 468 g/mol. The SMILES string of the molecule is Nc1nc2cc(C[C@@H]3CC[C@@]4(O)[C@@H]3O[C@@H](n3cc(F)c5c(N)ncnc53)[C@@H]4O)ccc2cc1F. The number of fused-ring (bicyclic) bond motifs is 3. The molecule has 0 bridgehead atoms. The molecule has 11 heteroatoms. The summed E-state index contributed by atoms with van der Waals surface area (Å²) in [6.45, 7) is 0. The fraction of sp³-hybridized carbons (Fsp3) is 0.348. The first-order chi connectivity index (χ1) is 16.3. The van der Waals surface area contributed by atoms with Gasteiger partial charge in [-0.3, -0.25) is 0 Å². The van der Waals surface area contributed by atoms with E-state index < -0.39 is 35.7 Å². The van der Waals surface area contributed by atoms with E-state index in [4.69, 9.17) is 16.2 Å². The number of nitrogens with two attached hydrogens (primary N) is 2. The topological polar surface area (TPSA) is 145 Å². The van der Waals surface area contributed by atoms with E-state index in [2.05, 4.69) is 15.0 Å². The lowest BCUT2D eigenvalue weighted by atomic mass is 9.90. The van der Waals surface area contributed by atoms with Gasteiger partial charge < -0.3 is 31.0 Å². The van der Waals surface area contributed by atoms with Crippen molar-refractivity contribution in [1.82, 2.24) is 19.5 Å². The Bertz CT molecular complexity index is 1450. The van der Waals surface area contributed by atoms with Crippen molar-refractivity contribution in [3.8, 4) is 0 Å². The molecule has 2 fully saturated rings. The summed E-state index contributed by atoms with van der Waals surface area (Å²) in [4.78, 5) is 12.0. The summed E-state index contributed by atoms with van der Waals surface area (Å²) in [7, 11) is 0. The Hall–Kier alpha value is -3.41. The minimum Gasteiger partial charge on any atom is -0.385 e. The largest absolute Gasteiger partial charge is 0.385 e. The molecule has 1 saturated heterocycles. The summed E-state index contributed by atoms with van der Waals surface area (Å²) in [5, 5.41) is 23.1. The predicted molar refractivity (Wildman–Crippen MR) is 119 cm³/mol. The van der Waals surface area contributed by atoms with E-state index >= 15 is 0 Å². The molecule has 4 aromatic rings. The smallest absolute Gasteiger partial charge is 0.165 e. The first-order valence-corrected chi connectivity index (χ1v) is 10.9. The number of nitrogens with zero attached hydrogens (tertiary/aromatic N) is 4. The molecule has 1 aliphatic carbocycles. The molecule has 176 valence electrons.